The van der Waals surface area contributed by atoms with Gasteiger partial charge in [0.1, 0.15) is 6.61 Å². The summed E-state index contributed by atoms with van der Waals surface area (Å²) in [7, 11) is 0. The van der Waals surface area contributed by atoms with E-state index in [4.69, 9.17) is 9.57 Å². The van der Waals surface area contributed by atoms with Crippen molar-refractivity contribution < 1.29 is 24.0 Å². The molecular formula is C26H37NO5. The van der Waals surface area contributed by atoms with Crippen LogP contribution < -0.4 is 0 Å². The maximum absolute atomic E-state index is 12.1. The monoisotopic (exact) mass is 443 g/mol. The number of carbonyl (C=O) groups excluding carboxylic acids is 3. The van der Waals surface area contributed by atoms with Crippen LogP contribution in [0.4, 0.5) is 0 Å². The number of ether oxygens (including phenoxy) is 1. The highest BCUT2D eigenvalue weighted by Crippen LogP contribution is 2.66. The zero-order valence-electron chi connectivity index (χ0n) is 19.7. The second-order valence-corrected chi connectivity index (χ2v) is 11.5. The van der Waals surface area contributed by atoms with Crippen molar-refractivity contribution in [2.75, 3.05) is 6.61 Å². The molecule has 6 nitrogen and oxygen atoms in total. The Labute approximate surface area is 191 Å². The van der Waals surface area contributed by atoms with E-state index in [2.05, 4.69) is 26.8 Å². The molecule has 4 aliphatic carbocycles. The van der Waals surface area contributed by atoms with Gasteiger partial charge in [-0.3, -0.25) is 9.59 Å². The zero-order chi connectivity index (χ0) is 22.7. The lowest BCUT2D eigenvalue weighted by molar-refractivity contribution is -0.201. The molecule has 0 spiro atoms. The summed E-state index contributed by atoms with van der Waals surface area (Å²) in [5, 5.41) is 0.587. The largest absolute Gasteiger partial charge is 0.362 e. The summed E-state index contributed by atoms with van der Waals surface area (Å²) in [5.41, 5.74) is 2.31. The van der Waals surface area contributed by atoms with Crippen LogP contribution in [-0.4, -0.2) is 35.6 Å². The number of allylic oxidation sites excluding steroid dienone is 1. The van der Waals surface area contributed by atoms with E-state index in [-0.39, 0.29) is 31.0 Å². The lowest BCUT2D eigenvalue weighted by Crippen LogP contribution is -2.50. The van der Waals surface area contributed by atoms with Crippen LogP contribution in [0.1, 0.15) is 85.0 Å². The summed E-state index contributed by atoms with van der Waals surface area (Å²) in [6.45, 7) is 7.27. The Hall–Kier alpha value is -1.69. The van der Waals surface area contributed by atoms with Gasteiger partial charge in [0.15, 0.2) is 0 Å². The zero-order valence-corrected chi connectivity index (χ0v) is 19.7. The van der Waals surface area contributed by atoms with Gasteiger partial charge in [-0.25, -0.2) is 4.79 Å². The molecular weight excluding hydrogens is 406 g/mol. The summed E-state index contributed by atoms with van der Waals surface area (Å²) < 4.78 is 5.85. The molecule has 0 aromatic heterocycles. The van der Waals surface area contributed by atoms with Crippen LogP contribution in [0, 0.1) is 34.5 Å². The topological polar surface area (TPSA) is 72.9 Å². The quantitative estimate of drug-likeness (QED) is 0.470. The first-order valence-corrected chi connectivity index (χ1v) is 12.6. The number of hydrogen-bond acceptors (Lipinski definition) is 5. The predicted octanol–water partition coefficient (Wildman–Crippen LogP) is 4.58. The summed E-state index contributed by atoms with van der Waals surface area (Å²) in [6, 6.07) is 0. The third kappa shape index (κ3) is 3.44. The molecule has 32 heavy (non-hydrogen) atoms. The number of hydroxylamine groups is 2. The third-order valence-corrected chi connectivity index (χ3v) is 10.2. The highest BCUT2D eigenvalue weighted by atomic mass is 16.7. The first-order valence-electron chi connectivity index (χ1n) is 12.6. The SMILES string of the molecule is CC1CCC2C3CCC4=C[C@@H](OCC(=O)ON5C(=O)CCC5=O)CCC4(C)C3CCC12C. The van der Waals surface area contributed by atoms with E-state index in [1.165, 1.54) is 37.7 Å². The highest BCUT2D eigenvalue weighted by molar-refractivity contribution is 6.01. The van der Waals surface area contributed by atoms with Crippen molar-refractivity contribution in [2.24, 2.45) is 34.5 Å². The van der Waals surface area contributed by atoms with Crippen LogP contribution in [0.2, 0.25) is 0 Å². The molecule has 3 saturated carbocycles. The molecule has 6 unspecified atom stereocenters. The average molecular weight is 444 g/mol. The minimum atomic E-state index is -0.689. The second-order valence-electron chi connectivity index (χ2n) is 11.5. The molecule has 1 saturated heterocycles. The standard InChI is InChI=1S/C26H37NO5/c1-16-4-7-20-19-6-5-17-14-18(10-12-26(17,3)21(19)11-13-25(16,20)2)31-15-24(30)32-27-22(28)8-9-23(27)29/h14,16,18-21H,4-13,15H2,1-3H3/t16?,18-,19?,20?,21?,25?,26?/m0/s1. The predicted molar refractivity (Wildman–Crippen MR) is 118 cm³/mol. The molecule has 5 rings (SSSR count). The molecule has 176 valence electrons. The number of imide groups is 1. The Bertz CT molecular complexity index is 835. The number of rotatable bonds is 4. The lowest BCUT2D eigenvalue weighted by Gasteiger charge is -2.58. The van der Waals surface area contributed by atoms with Crippen molar-refractivity contribution in [2.45, 2.75) is 91.1 Å². The normalized spacial score (nSPS) is 43.4. The Morgan fingerprint density at radius 1 is 1.00 bits per heavy atom. The number of hydrogen-bond donors (Lipinski definition) is 0. The van der Waals surface area contributed by atoms with Crippen LogP contribution in [0.5, 0.6) is 0 Å². The molecule has 0 radical (unpaired) electrons. The molecule has 0 aromatic rings. The molecule has 1 aliphatic heterocycles. The van der Waals surface area contributed by atoms with Crippen molar-refractivity contribution in [1.82, 2.24) is 5.06 Å². The van der Waals surface area contributed by atoms with E-state index >= 15 is 0 Å². The number of nitrogens with zero attached hydrogens (tertiary/aromatic N) is 1. The maximum Gasteiger partial charge on any atom is 0.358 e. The average Bonchev–Trinajstić information content (AvgIpc) is 3.25. The molecule has 1 heterocycles. The van der Waals surface area contributed by atoms with Crippen LogP contribution in [0.25, 0.3) is 0 Å². The van der Waals surface area contributed by atoms with Crippen molar-refractivity contribution in [3.63, 3.8) is 0 Å². The van der Waals surface area contributed by atoms with Crippen LogP contribution in [-0.2, 0) is 24.0 Å². The molecule has 7 atom stereocenters. The van der Waals surface area contributed by atoms with Crippen molar-refractivity contribution >= 4 is 17.8 Å². The summed E-state index contributed by atoms with van der Waals surface area (Å²) >= 11 is 0. The van der Waals surface area contributed by atoms with E-state index in [0.29, 0.717) is 10.5 Å². The smallest absolute Gasteiger partial charge is 0.358 e. The summed E-state index contributed by atoms with van der Waals surface area (Å²) in [6.07, 6.45) is 12.3. The Morgan fingerprint density at radius 2 is 1.75 bits per heavy atom. The minimum Gasteiger partial charge on any atom is -0.362 e. The fourth-order valence-corrected chi connectivity index (χ4v) is 8.05. The van der Waals surface area contributed by atoms with Gasteiger partial charge in [-0.1, -0.05) is 32.4 Å². The fraction of sp³-hybridized carbons (Fsp3) is 0.808. The van der Waals surface area contributed by atoms with Crippen LogP contribution >= 0.6 is 0 Å². The van der Waals surface area contributed by atoms with Gasteiger partial charge in [-0.15, -0.1) is 5.06 Å². The number of amides is 2. The van der Waals surface area contributed by atoms with E-state index in [1.807, 2.05) is 0 Å². The third-order valence-electron chi connectivity index (χ3n) is 10.2. The highest BCUT2D eigenvalue weighted by Gasteiger charge is 2.58. The Balaban J connectivity index is 1.22. The first-order chi connectivity index (χ1) is 15.2. The first kappa shape index (κ1) is 22.1. The number of fused-ring (bicyclic) bond motifs is 5. The molecule has 0 bridgehead atoms. The summed E-state index contributed by atoms with van der Waals surface area (Å²) in [4.78, 5) is 40.3. The van der Waals surface area contributed by atoms with E-state index in [0.717, 1.165) is 42.9 Å². The van der Waals surface area contributed by atoms with Gasteiger partial charge in [0.25, 0.3) is 11.8 Å². The van der Waals surface area contributed by atoms with E-state index in [1.54, 1.807) is 0 Å². The number of carbonyl (C=O) groups is 3. The molecule has 2 amide bonds. The van der Waals surface area contributed by atoms with Gasteiger partial charge in [0.05, 0.1) is 6.10 Å². The van der Waals surface area contributed by atoms with E-state index in [9.17, 15) is 14.4 Å². The van der Waals surface area contributed by atoms with Crippen molar-refractivity contribution in [3.8, 4) is 0 Å². The van der Waals surface area contributed by atoms with Gasteiger partial charge in [0, 0.05) is 12.8 Å². The summed E-state index contributed by atoms with van der Waals surface area (Å²) in [5.74, 6) is 1.74. The molecule has 5 aliphatic rings. The van der Waals surface area contributed by atoms with Gasteiger partial charge in [-0.05, 0) is 85.9 Å². The lowest BCUT2D eigenvalue weighted by atomic mass is 9.47. The van der Waals surface area contributed by atoms with Gasteiger partial charge in [-0.2, -0.15) is 0 Å². The Morgan fingerprint density at radius 3 is 2.50 bits per heavy atom. The molecule has 0 aromatic carbocycles. The molecule has 0 N–H and O–H groups in total. The second kappa shape index (κ2) is 7.96. The van der Waals surface area contributed by atoms with Crippen molar-refractivity contribution in [3.05, 3.63) is 11.6 Å². The van der Waals surface area contributed by atoms with Gasteiger partial charge < -0.3 is 9.57 Å². The van der Waals surface area contributed by atoms with Crippen LogP contribution in [0.15, 0.2) is 11.6 Å². The Kier molecular flexibility index (Phi) is 5.51. The van der Waals surface area contributed by atoms with Crippen molar-refractivity contribution in [1.29, 1.82) is 0 Å². The maximum atomic E-state index is 12.1. The van der Waals surface area contributed by atoms with Gasteiger partial charge in [0.2, 0.25) is 0 Å². The van der Waals surface area contributed by atoms with Crippen LogP contribution in [0.3, 0.4) is 0 Å². The molecule has 6 heteroatoms. The van der Waals surface area contributed by atoms with E-state index < -0.39 is 17.8 Å². The van der Waals surface area contributed by atoms with Gasteiger partial charge >= 0.3 is 5.97 Å². The fourth-order valence-electron chi connectivity index (χ4n) is 8.05. The molecule has 4 fully saturated rings. The minimum absolute atomic E-state index is 0.0986.